The Morgan fingerprint density at radius 1 is 0.815 bits per heavy atom. The van der Waals surface area contributed by atoms with Crippen molar-refractivity contribution < 1.29 is 13.2 Å². The lowest BCUT2D eigenvalue weighted by Gasteiger charge is -2.10. The molecule has 0 spiro atoms. The maximum atomic E-state index is 12.7. The highest BCUT2D eigenvalue weighted by Gasteiger charge is 2.30. The number of rotatable bonds is 3. The van der Waals surface area contributed by atoms with Crippen molar-refractivity contribution in [2.24, 2.45) is 0 Å². The van der Waals surface area contributed by atoms with Gasteiger partial charge in [-0.05, 0) is 23.6 Å². The zero-order chi connectivity index (χ0) is 18.9. The SMILES string of the molecule is FC(F)(F)c1ccc(-c2cc(Nc3nccc4ccccc34)ncn2)cc1. The van der Waals surface area contributed by atoms with E-state index in [1.807, 2.05) is 30.3 Å². The minimum atomic E-state index is -4.36. The maximum absolute atomic E-state index is 12.7. The van der Waals surface area contributed by atoms with Crippen LogP contribution in [0.4, 0.5) is 24.8 Å². The summed E-state index contributed by atoms with van der Waals surface area (Å²) in [4.78, 5) is 12.7. The van der Waals surface area contributed by atoms with Crippen molar-refractivity contribution in [2.45, 2.75) is 6.18 Å². The molecule has 2 aromatic heterocycles. The van der Waals surface area contributed by atoms with E-state index in [1.54, 1.807) is 12.3 Å². The fourth-order valence-corrected chi connectivity index (χ4v) is 2.75. The summed E-state index contributed by atoms with van der Waals surface area (Å²) in [6.07, 6.45) is -1.31. The van der Waals surface area contributed by atoms with Gasteiger partial charge in [0.15, 0.2) is 0 Å². The number of hydrogen-bond donors (Lipinski definition) is 1. The number of hydrogen-bond acceptors (Lipinski definition) is 4. The maximum Gasteiger partial charge on any atom is 0.416 e. The van der Waals surface area contributed by atoms with Crippen LogP contribution >= 0.6 is 0 Å². The zero-order valence-corrected chi connectivity index (χ0v) is 13.9. The summed E-state index contributed by atoms with van der Waals surface area (Å²) in [5, 5.41) is 5.12. The van der Waals surface area contributed by atoms with E-state index in [9.17, 15) is 13.2 Å². The second-order valence-corrected chi connectivity index (χ2v) is 5.87. The van der Waals surface area contributed by atoms with Crippen LogP contribution in [0.15, 0.2) is 73.2 Å². The van der Waals surface area contributed by atoms with Crippen molar-refractivity contribution in [3.63, 3.8) is 0 Å². The van der Waals surface area contributed by atoms with Gasteiger partial charge >= 0.3 is 6.18 Å². The van der Waals surface area contributed by atoms with E-state index in [4.69, 9.17) is 0 Å². The molecule has 2 heterocycles. The number of halogens is 3. The molecule has 0 atom stereocenters. The highest BCUT2D eigenvalue weighted by molar-refractivity contribution is 5.92. The highest BCUT2D eigenvalue weighted by atomic mass is 19.4. The van der Waals surface area contributed by atoms with Crippen molar-refractivity contribution >= 4 is 22.4 Å². The predicted molar refractivity (Wildman–Crippen MR) is 97.5 cm³/mol. The summed E-state index contributed by atoms with van der Waals surface area (Å²) >= 11 is 0. The Bertz CT molecular complexity index is 1090. The van der Waals surface area contributed by atoms with Crippen molar-refractivity contribution in [1.29, 1.82) is 0 Å². The third-order valence-electron chi connectivity index (χ3n) is 4.10. The Morgan fingerprint density at radius 2 is 1.59 bits per heavy atom. The first kappa shape index (κ1) is 17.0. The smallest absolute Gasteiger partial charge is 0.324 e. The Morgan fingerprint density at radius 3 is 2.37 bits per heavy atom. The lowest BCUT2D eigenvalue weighted by atomic mass is 10.1. The van der Waals surface area contributed by atoms with E-state index in [0.29, 0.717) is 22.9 Å². The molecule has 0 saturated carbocycles. The van der Waals surface area contributed by atoms with Crippen LogP contribution in [0.25, 0.3) is 22.0 Å². The molecule has 0 aliphatic rings. The number of pyridine rings is 1. The van der Waals surface area contributed by atoms with E-state index in [-0.39, 0.29) is 0 Å². The fraction of sp³-hybridized carbons (Fsp3) is 0.0500. The van der Waals surface area contributed by atoms with Crippen molar-refractivity contribution in [1.82, 2.24) is 15.0 Å². The molecule has 0 amide bonds. The molecule has 0 aliphatic heterocycles. The minimum Gasteiger partial charge on any atom is -0.324 e. The molecule has 2 aromatic carbocycles. The third-order valence-corrected chi connectivity index (χ3v) is 4.10. The third kappa shape index (κ3) is 3.57. The standard InChI is InChI=1S/C20H13F3N4/c21-20(22,23)15-7-5-14(6-8-15)17-11-18(26-12-25-17)27-19-16-4-2-1-3-13(16)9-10-24-19/h1-12H,(H,24,25,26,27). The van der Waals surface area contributed by atoms with Gasteiger partial charge in [-0.1, -0.05) is 36.4 Å². The van der Waals surface area contributed by atoms with E-state index in [1.165, 1.54) is 18.5 Å². The lowest BCUT2D eigenvalue weighted by Crippen LogP contribution is -2.04. The van der Waals surface area contributed by atoms with Gasteiger partial charge in [0.2, 0.25) is 0 Å². The number of anilines is 2. The average molecular weight is 366 g/mol. The highest BCUT2D eigenvalue weighted by Crippen LogP contribution is 2.31. The number of alkyl halides is 3. The van der Waals surface area contributed by atoms with Gasteiger partial charge < -0.3 is 5.32 Å². The molecular formula is C20H13F3N4. The number of fused-ring (bicyclic) bond motifs is 1. The van der Waals surface area contributed by atoms with Crippen LogP contribution in [0.2, 0.25) is 0 Å². The number of nitrogens with zero attached hydrogens (tertiary/aromatic N) is 3. The van der Waals surface area contributed by atoms with Crippen molar-refractivity contribution in [3.8, 4) is 11.3 Å². The molecule has 0 unspecified atom stereocenters. The van der Waals surface area contributed by atoms with Crippen LogP contribution in [0.5, 0.6) is 0 Å². The number of aromatic nitrogens is 3. The van der Waals surface area contributed by atoms with Gasteiger partial charge in [0.1, 0.15) is 18.0 Å². The monoisotopic (exact) mass is 366 g/mol. The van der Waals surface area contributed by atoms with Gasteiger partial charge in [0, 0.05) is 23.2 Å². The van der Waals surface area contributed by atoms with Gasteiger partial charge in [0.25, 0.3) is 0 Å². The first-order chi connectivity index (χ1) is 13.0. The Balaban J connectivity index is 1.65. The largest absolute Gasteiger partial charge is 0.416 e. The quantitative estimate of drug-likeness (QED) is 0.523. The van der Waals surface area contributed by atoms with Gasteiger partial charge in [-0.2, -0.15) is 13.2 Å². The van der Waals surface area contributed by atoms with Gasteiger partial charge in [-0.15, -0.1) is 0 Å². The molecule has 4 nitrogen and oxygen atoms in total. The average Bonchev–Trinajstić information content (AvgIpc) is 2.68. The molecule has 1 N–H and O–H groups in total. The van der Waals surface area contributed by atoms with Crippen LogP contribution in [-0.4, -0.2) is 15.0 Å². The van der Waals surface area contributed by atoms with Gasteiger partial charge in [-0.25, -0.2) is 15.0 Å². The molecular weight excluding hydrogens is 353 g/mol. The Labute approximate surface area is 152 Å². The Hall–Kier alpha value is -3.48. The summed E-state index contributed by atoms with van der Waals surface area (Å²) in [5.74, 6) is 1.15. The zero-order valence-electron chi connectivity index (χ0n) is 13.9. The number of benzene rings is 2. The molecule has 0 aliphatic carbocycles. The van der Waals surface area contributed by atoms with Crippen LogP contribution < -0.4 is 5.32 Å². The second kappa shape index (κ2) is 6.68. The molecule has 4 rings (SSSR count). The van der Waals surface area contributed by atoms with Crippen LogP contribution in [0, 0.1) is 0 Å². The summed E-state index contributed by atoms with van der Waals surface area (Å²) in [6, 6.07) is 16.2. The predicted octanol–water partition coefficient (Wildman–Crippen LogP) is 5.45. The molecule has 4 aromatic rings. The van der Waals surface area contributed by atoms with Gasteiger partial charge in [-0.3, -0.25) is 0 Å². The minimum absolute atomic E-state index is 0.503. The summed E-state index contributed by atoms with van der Waals surface area (Å²) in [6.45, 7) is 0. The number of nitrogens with one attached hydrogen (secondary N) is 1. The summed E-state index contributed by atoms with van der Waals surface area (Å²) in [5.41, 5.74) is 0.388. The normalized spacial score (nSPS) is 11.5. The lowest BCUT2D eigenvalue weighted by molar-refractivity contribution is -0.137. The van der Waals surface area contributed by atoms with Crippen LogP contribution in [0.3, 0.4) is 0 Å². The molecule has 134 valence electrons. The van der Waals surface area contributed by atoms with E-state index in [0.717, 1.165) is 22.9 Å². The molecule has 27 heavy (non-hydrogen) atoms. The topological polar surface area (TPSA) is 50.7 Å². The fourth-order valence-electron chi connectivity index (χ4n) is 2.75. The van der Waals surface area contributed by atoms with Crippen molar-refractivity contribution in [3.05, 3.63) is 78.8 Å². The van der Waals surface area contributed by atoms with E-state index < -0.39 is 11.7 Å². The Kier molecular flexibility index (Phi) is 4.19. The molecule has 0 fully saturated rings. The second-order valence-electron chi connectivity index (χ2n) is 5.87. The first-order valence-corrected chi connectivity index (χ1v) is 8.11. The first-order valence-electron chi connectivity index (χ1n) is 8.11. The van der Waals surface area contributed by atoms with Crippen LogP contribution in [-0.2, 0) is 6.18 Å². The van der Waals surface area contributed by atoms with Crippen molar-refractivity contribution in [2.75, 3.05) is 5.32 Å². The summed E-state index contributed by atoms with van der Waals surface area (Å²) in [7, 11) is 0. The molecule has 0 radical (unpaired) electrons. The van der Waals surface area contributed by atoms with Gasteiger partial charge in [0.05, 0.1) is 11.3 Å². The van der Waals surface area contributed by atoms with E-state index in [2.05, 4.69) is 20.3 Å². The molecule has 0 bridgehead atoms. The molecule has 7 heteroatoms. The van der Waals surface area contributed by atoms with Crippen LogP contribution in [0.1, 0.15) is 5.56 Å². The molecule has 0 saturated heterocycles. The van der Waals surface area contributed by atoms with E-state index >= 15 is 0 Å². The summed E-state index contributed by atoms with van der Waals surface area (Å²) < 4.78 is 38.1.